The highest BCUT2D eigenvalue weighted by Crippen LogP contribution is 2.25. The van der Waals surface area contributed by atoms with Crippen LogP contribution in [0.1, 0.15) is 20.3 Å². The Labute approximate surface area is 112 Å². The van der Waals surface area contributed by atoms with Gasteiger partial charge in [0, 0.05) is 23.3 Å². The van der Waals surface area contributed by atoms with Crippen molar-refractivity contribution >= 4 is 26.6 Å². The molecule has 6 heteroatoms. The third-order valence-corrected chi connectivity index (χ3v) is 4.65. The van der Waals surface area contributed by atoms with Gasteiger partial charge in [-0.1, -0.05) is 6.92 Å². The molecule has 0 aliphatic heterocycles. The zero-order valence-electron chi connectivity index (χ0n) is 10.9. The lowest BCUT2D eigenvalue weighted by Gasteiger charge is -2.13. The zero-order valence-corrected chi connectivity index (χ0v) is 11.7. The number of hydrogen-bond acceptors (Lipinski definition) is 4. The van der Waals surface area contributed by atoms with Gasteiger partial charge in [-0.3, -0.25) is 4.98 Å². The van der Waals surface area contributed by atoms with E-state index in [-0.39, 0.29) is 10.9 Å². The van der Waals surface area contributed by atoms with Crippen molar-refractivity contribution in [2.24, 2.45) is 0 Å². The number of aromatic nitrogens is 1. The molecule has 1 aromatic heterocycles. The Kier molecular flexibility index (Phi) is 3.73. The Hall–Kier alpha value is -1.66. The topological polar surface area (TPSA) is 85.1 Å². The quantitative estimate of drug-likeness (QED) is 0.837. The fourth-order valence-electron chi connectivity index (χ4n) is 1.80. The second-order valence-electron chi connectivity index (χ2n) is 4.48. The first-order valence-corrected chi connectivity index (χ1v) is 7.59. The summed E-state index contributed by atoms with van der Waals surface area (Å²) >= 11 is 0. The number of nitrogen functional groups attached to an aromatic ring is 1. The lowest BCUT2D eigenvalue weighted by atomic mass is 10.2. The minimum atomic E-state index is -3.58. The normalized spacial score (nSPS) is 13.6. The lowest BCUT2D eigenvalue weighted by molar-refractivity contribution is 0.556. The maximum Gasteiger partial charge on any atom is 0.242 e. The van der Waals surface area contributed by atoms with Gasteiger partial charge in [0.1, 0.15) is 4.90 Å². The second-order valence-corrected chi connectivity index (χ2v) is 6.17. The molecule has 1 heterocycles. The minimum absolute atomic E-state index is 0.124. The van der Waals surface area contributed by atoms with Crippen molar-refractivity contribution in [3.05, 3.63) is 30.5 Å². The summed E-state index contributed by atoms with van der Waals surface area (Å²) in [7, 11) is -3.58. The summed E-state index contributed by atoms with van der Waals surface area (Å²) in [6.07, 6.45) is 2.28. The molecule has 102 valence electrons. The maximum atomic E-state index is 12.3. The third kappa shape index (κ3) is 2.69. The minimum Gasteiger partial charge on any atom is -0.398 e. The first-order valence-electron chi connectivity index (χ1n) is 6.11. The molecule has 1 unspecified atom stereocenters. The molecule has 3 N–H and O–H groups in total. The van der Waals surface area contributed by atoms with Crippen LogP contribution in [0.2, 0.25) is 0 Å². The summed E-state index contributed by atoms with van der Waals surface area (Å²) in [5.41, 5.74) is 6.76. The number of benzene rings is 1. The monoisotopic (exact) mass is 279 g/mol. The molecule has 0 spiro atoms. The van der Waals surface area contributed by atoms with Crippen LogP contribution >= 0.6 is 0 Å². The van der Waals surface area contributed by atoms with Crippen LogP contribution in [0.4, 0.5) is 5.69 Å². The molecular formula is C13H17N3O2S. The van der Waals surface area contributed by atoms with Crippen LogP contribution in [0.25, 0.3) is 10.9 Å². The molecule has 19 heavy (non-hydrogen) atoms. The van der Waals surface area contributed by atoms with Gasteiger partial charge in [0.15, 0.2) is 0 Å². The molecule has 2 aromatic rings. The number of nitrogens with two attached hydrogens (primary N) is 1. The number of anilines is 1. The highest BCUT2D eigenvalue weighted by molar-refractivity contribution is 7.89. The van der Waals surface area contributed by atoms with Gasteiger partial charge in [0.05, 0.1) is 5.52 Å². The van der Waals surface area contributed by atoms with E-state index in [1.807, 2.05) is 13.8 Å². The highest BCUT2D eigenvalue weighted by atomic mass is 32.2. The van der Waals surface area contributed by atoms with E-state index in [0.29, 0.717) is 16.6 Å². The molecule has 1 aromatic carbocycles. The van der Waals surface area contributed by atoms with Gasteiger partial charge in [0.2, 0.25) is 10.0 Å². The van der Waals surface area contributed by atoms with E-state index in [9.17, 15) is 8.42 Å². The molecule has 0 bridgehead atoms. The summed E-state index contributed by atoms with van der Waals surface area (Å²) in [5, 5.41) is 0.648. The van der Waals surface area contributed by atoms with E-state index in [2.05, 4.69) is 9.71 Å². The van der Waals surface area contributed by atoms with Crippen molar-refractivity contribution in [3.63, 3.8) is 0 Å². The van der Waals surface area contributed by atoms with Crippen molar-refractivity contribution < 1.29 is 8.42 Å². The van der Waals surface area contributed by atoms with E-state index in [0.717, 1.165) is 6.42 Å². The second kappa shape index (κ2) is 5.14. The summed E-state index contributed by atoms with van der Waals surface area (Å²) < 4.78 is 27.3. The number of rotatable bonds is 4. The molecule has 0 saturated heterocycles. The smallest absolute Gasteiger partial charge is 0.242 e. The van der Waals surface area contributed by atoms with E-state index >= 15 is 0 Å². The maximum absolute atomic E-state index is 12.3. The van der Waals surface area contributed by atoms with Gasteiger partial charge in [-0.2, -0.15) is 0 Å². The Balaban J connectivity index is 2.60. The standard InChI is InChI=1S/C13H17N3O2S/c1-3-9(2)16-19(17,18)12-7-6-11(14)10-5-4-8-15-13(10)12/h4-9,16H,3,14H2,1-2H3. The fourth-order valence-corrected chi connectivity index (χ4v) is 3.29. The predicted molar refractivity (Wildman–Crippen MR) is 76.2 cm³/mol. The van der Waals surface area contributed by atoms with E-state index in [1.165, 1.54) is 6.07 Å². The predicted octanol–water partition coefficient (Wildman–Crippen LogP) is 1.89. The number of fused-ring (bicyclic) bond motifs is 1. The summed E-state index contributed by atoms with van der Waals surface area (Å²) in [5.74, 6) is 0. The van der Waals surface area contributed by atoms with Crippen LogP contribution in [-0.2, 0) is 10.0 Å². The summed E-state index contributed by atoms with van der Waals surface area (Å²) in [6.45, 7) is 3.75. The molecule has 2 rings (SSSR count). The lowest BCUT2D eigenvalue weighted by Crippen LogP contribution is -2.32. The number of hydrogen-bond donors (Lipinski definition) is 2. The first kappa shape index (κ1) is 13.8. The number of nitrogens with zero attached hydrogens (tertiary/aromatic N) is 1. The summed E-state index contributed by atoms with van der Waals surface area (Å²) in [4.78, 5) is 4.31. The third-order valence-electron chi connectivity index (χ3n) is 3.02. The number of sulfonamides is 1. The number of pyridine rings is 1. The number of nitrogens with one attached hydrogen (secondary N) is 1. The molecule has 0 fully saturated rings. The molecule has 1 atom stereocenters. The zero-order chi connectivity index (χ0) is 14.0. The Morgan fingerprint density at radius 3 is 2.79 bits per heavy atom. The van der Waals surface area contributed by atoms with Crippen molar-refractivity contribution in [2.75, 3.05) is 5.73 Å². The summed E-state index contributed by atoms with van der Waals surface area (Å²) in [6, 6.07) is 6.46. The van der Waals surface area contributed by atoms with Gasteiger partial charge in [0.25, 0.3) is 0 Å². The first-order chi connectivity index (χ1) is 8.95. The van der Waals surface area contributed by atoms with Crippen LogP contribution in [0.15, 0.2) is 35.4 Å². The SMILES string of the molecule is CCC(C)NS(=O)(=O)c1ccc(N)c2cccnc12. The molecular weight excluding hydrogens is 262 g/mol. The van der Waals surface area contributed by atoms with Gasteiger partial charge in [-0.15, -0.1) is 0 Å². The van der Waals surface area contributed by atoms with Crippen LogP contribution in [-0.4, -0.2) is 19.4 Å². The molecule has 0 saturated carbocycles. The fraction of sp³-hybridized carbons (Fsp3) is 0.308. The Morgan fingerprint density at radius 2 is 2.11 bits per heavy atom. The molecule has 0 radical (unpaired) electrons. The van der Waals surface area contributed by atoms with E-state index < -0.39 is 10.0 Å². The van der Waals surface area contributed by atoms with Gasteiger partial charge >= 0.3 is 0 Å². The van der Waals surface area contributed by atoms with Crippen LogP contribution in [0, 0.1) is 0 Å². The van der Waals surface area contributed by atoms with Crippen molar-refractivity contribution in [3.8, 4) is 0 Å². The Morgan fingerprint density at radius 1 is 1.37 bits per heavy atom. The van der Waals surface area contributed by atoms with Crippen molar-refractivity contribution in [1.29, 1.82) is 0 Å². The molecule has 0 aliphatic rings. The molecule has 0 amide bonds. The van der Waals surface area contributed by atoms with Crippen molar-refractivity contribution in [2.45, 2.75) is 31.2 Å². The van der Waals surface area contributed by atoms with Crippen molar-refractivity contribution in [1.82, 2.24) is 9.71 Å². The van der Waals surface area contributed by atoms with E-state index in [4.69, 9.17) is 5.73 Å². The largest absolute Gasteiger partial charge is 0.398 e. The van der Waals surface area contributed by atoms with Crippen LogP contribution in [0.3, 0.4) is 0 Å². The average Bonchev–Trinajstić information content (AvgIpc) is 2.38. The van der Waals surface area contributed by atoms with Gasteiger partial charge in [-0.25, -0.2) is 13.1 Å². The Bertz CT molecular complexity index is 698. The molecule has 0 aliphatic carbocycles. The average molecular weight is 279 g/mol. The van der Waals surface area contributed by atoms with Crippen LogP contribution in [0.5, 0.6) is 0 Å². The van der Waals surface area contributed by atoms with E-state index in [1.54, 1.807) is 24.4 Å². The van der Waals surface area contributed by atoms with Crippen LogP contribution < -0.4 is 10.5 Å². The van der Waals surface area contributed by atoms with Gasteiger partial charge in [-0.05, 0) is 37.6 Å². The highest BCUT2D eigenvalue weighted by Gasteiger charge is 2.20. The molecule has 5 nitrogen and oxygen atoms in total. The van der Waals surface area contributed by atoms with Gasteiger partial charge < -0.3 is 5.73 Å².